The third kappa shape index (κ3) is 4.00. The Kier molecular flexibility index (Phi) is 5.54. The second kappa shape index (κ2) is 8.24. The first kappa shape index (κ1) is 18.8. The van der Waals surface area contributed by atoms with E-state index in [-0.39, 0.29) is 5.91 Å². The van der Waals surface area contributed by atoms with Crippen molar-refractivity contribution in [2.45, 2.75) is 13.5 Å². The molecule has 3 aromatic rings. The summed E-state index contributed by atoms with van der Waals surface area (Å²) >= 11 is 3.45. The van der Waals surface area contributed by atoms with Crippen LogP contribution in [0.3, 0.4) is 0 Å². The highest BCUT2D eigenvalue weighted by Crippen LogP contribution is 2.19. The minimum Gasteiger partial charge on any atom is -0.336 e. The Labute approximate surface area is 172 Å². The van der Waals surface area contributed by atoms with Crippen LogP contribution >= 0.6 is 15.9 Å². The zero-order valence-corrected chi connectivity index (χ0v) is 17.3. The van der Waals surface area contributed by atoms with Crippen LogP contribution in [0.4, 0.5) is 0 Å². The molecule has 0 spiro atoms. The van der Waals surface area contributed by atoms with E-state index in [0.717, 1.165) is 48.6 Å². The molecule has 1 amide bonds. The molecule has 0 unspecified atom stereocenters. The van der Waals surface area contributed by atoms with E-state index in [0.29, 0.717) is 5.56 Å². The molecule has 28 heavy (non-hydrogen) atoms. The van der Waals surface area contributed by atoms with Gasteiger partial charge in [-0.1, -0.05) is 15.9 Å². The van der Waals surface area contributed by atoms with E-state index >= 15 is 0 Å². The molecular formula is C21H22BrN5O. The van der Waals surface area contributed by atoms with Crippen LogP contribution in [-0.4, -0.2) is 56.7 Å². The number of rotatable bonds is 4. The van der Waals surface area contributed by atoms with E-state index in [4.69, 9.17) is 0 Å². The van der Waals surface area contributed by atoms with Gasteiger partial charge in [0.05, 0.1) is 23.1 Å². The molecule has 3 heterocycles. The van der Waals surface area contributed by atoms with Crippen molar-refractivity contribution in [3.63, 3.8) is 0 Å². The third-order valence-corrected chi connectivity index (χ3v) is 5.66. The topological polar surface area (TPSA) is 54.3 Å². The number of amides is 1. The average molecular weight is 440 g/mol. The number of pyridine rings is 1. The normalized spacial score (nSPS) is 15.0. The van der Waals surface area contributed by atoms with E-state index in [2.05, 4.69) is 30.9 Å². The second-order valence-corrected chi connectivity index (χ2v) is 7.87. The fraction of sp³-hybridized carbons (Fsp3) is 0.286. The standard InChI is InChI=1S/C21H22BrN5O/c1-16-20(14-24-27(16)19-4-2-18(22)3-5-19)21(28)26-12-10-25(11-13-26)15-17-6-8-23-9-7-17/h2-9,14H,10-13,15H2,1H3. The van der Waals surface area contributed by atoms with Gasteiger partial charge in [-0.05, 0) is 48.9 Å². The highest BCUT2D eigenvalue weighted by Gasteiger charge is 2.25. The van der Waals surface area contributed by atoms with E-state index in [9.17, 15) is 4.79 Å². The van der Waals surface area contributed by atoms with Crippen LogP contribution < -0.4 is 0 Å². The fourth-order valence-corrected chi connectivity index (χ4v) is 3.75. The molecular weight excluding hydrogens is 418 g/mol. The SMILES string of the molecule is Cc1c(C(=O)N2CCN(Cc3ccncc3)CC2)cnn1-c1ccc(Br)cc1. The lowest BCUT2D eigenvalue weighted by Gasteiger charge is -2.34. The van der Waals surface area contributed by atoms with Crippen molar-refractivity contribution in [3.8, 4) is 5.69 Å². The number of carbonyl (C=O) groups is 1. The Balaban J connectivity index is 1.41. The van der Waals surface area contributed by atoms with Crippen molar-refractivity contribution in [1.82, 2.24) is 24.6 Å². The highest BCUT2D eigenvalue weighted by molar-refractivity contribution is 9.10. The Morgan fingerprint density at radius 3 is 2.39 bits per heavy atom. The summed E-state index contributed by atoms with van der Waals surface area (Å²) in [7, 11) is 0. The first-order valence-corrected chi connectivity index (χ1v) is 10.1. The molecule has 1 aromatic carbocycles. The predicted octanol–water partition coefficient (Wildman–Crippen LogP) is 3.30. The molecule has 0 atom stereocenters. The number of carbonyl (C=O) groups excluding carboxylic acids is 1. The molecule has 0 bridgehead atoms. The van der Waals surface area contributed by atoms with Crippen molar-refractivity contribution in [1.29, 1.82) is 0 Å². The molecule has 7 heteroatoms. The summed E-state index contributed by atoms with van der Waals surface area (Å²) in [6.45, 7) is 6.04. The molecule has 0 saturated carbocycles. The van der Waals surface area contributed by atoms with Crippen molar-refractivity contribution in [3.05, 3.63) is 76.3 Å². The zero-order chi connectivity index (χ0) is 19.5. The summed E-state index contributed by atoms with van der Waals surface area (Å²) in [5.41, 5.74) is 3.74. The monoisotopic (exact) mass is 439 g/mol. The van der Waals surface area contributed by atoms with Crippen molar-refractivity contribution in [2.24, 2.45) is 0 Å². The molecule has 1 fully saturated rings. The molecule has 144 valence electrons. The van der Waals surface area contributed by atoms with Gasteiger partial charge in [0.15, 0.2) is 0 Å². The summed E-state index contributed by atoms with van der Waals surface area (Å²) < 4.78 is 2.83. The van der Waals surface area contributed by atoms with Crippen LogP contribution in [0.2, 0.25) is 0 Å². The molecule has 1 aliphatic heterocycles. The molecule has 6 nitrogen and oxygen atoms in total. The van der Waals surface area contributed by atoms with Gasteiger partial charge in [0.1, 0.15) is 0 Å². The zero-order valence-electron chi connectivity index (χ0n) is 15.8. The smallest absolute Gasteiger partial charge is 0.257 e. The summed E-state index contributed by atoms with van der Waals surface area (Å²) in [6, 6.07) is 12.0. The summed E-state index contributed by atoms with van der Waals surface area (Å²) in [6.07, 6.45) is 5.32. The second-order valence-electron chi connectivity index (χ2n) is 6.96. The number of aromatic nitrogens is 3. The first-order valence-electron chi connectivity index (χ1n) is 9.33. The van der Waals surface area contributed by atoms with Crippen LogP contribution in [0.1, 0.15) is 21.6 Å². The van der Waals surface area contributed by atoms with Gasteiger partial charge in [-0.3, -0.25) is 14.7 Å². The Bertz CT molecular complexity index is 947. The van der Waals surface area contributed by atoms with Gasteiger partial charge in [-0.2, -0.15) is 5.10 Å². The lowest BCUT2D eigenvalue weighted by atomic mass is 10.2. The number of nitrogens with zero attached hydrogens (tertiary/aromatic N) is 5. The maximum absolute atomic E-state index is 13.0. The van der Waals surface area contributed by atoms with E-state index in [1.807, 2.05) is 65.3 Å². The summed E-state index contributed by atoms with van der Waals surface area (Å²) in [4.78, 5) is 21.4. The molecule has 0 N–H and O–H groups in total. The maximum atomic E-state index is 13.0. The molecule has 1 saturated heterocycles. The van der Waals surface area contributed by atoms with Gasteiger partial charge < -0.3 is 4.90 Å². The van der Waals surface area contributed by atoms with Crippen molar-refractivity contribution >= 4 is 21.8 Å². The van der Waals surface area contributed by atoms with Gasteiger partial charge in [-0.15, -0.1) is 0 Å². The van der Waals surface area contributed by atoms with Crippen LogP contribution in [-0.2, 0) is 6.54 Å². The number of halogens is 1. The number of piperazine rings is 1. The molecule has 4 rings (SSSR count). The average Bonchev–Trinajstić information content (AvgIpc) is 3.11. The third-order valence-electron chi connectivity index (χ3n) is 5.13. The van der Waals surface area contributed by atoms with E-state index in [1.54, 1.807) is 6.20 Å². The first-order chi connectivity index (χ1) is 13.6. The van der Waals surface area contributed by atoms with Gasteiger partial charge in [0, 0.05) is 49.6 Å². The minimum absolute atomic E-state index is 0.0597. The quantitative estimate of drug-likeness (QED) is 0.625. The van der Waals surface area contributed by atoms with Gasteiger partial charge in [0.25, 0.3) is 5.91 Å². The summed E-state index contributed by atoms with van der Waals surface area (Å²) in [5, 5.41) is 4.44. The van der Waals surface area contributed by atoms with E-state index < -0.39 is 0 Å². The maximum Gasteiger partial charge on any atom is 0.257 e. The van der Waals surface area contributed by atoms with Gasteiger partial charge in [0.2, 0.25) is 0 Å². The molecule has 1 aliphatic rings. The lowest BCUT2D eigenvalue weighted by molar-refractivity contribution is 0.0627. The van der Waals surface area contributed by atoms with Crippen molar-refractivity contribution < 1.29 is 4.79 Å². The number of hydrogen-bond acceptors (Lipinski definition) is 4. The number of benzene rings is 1. The van der Waals surface area contributed by atoms with Crippen LogP contribution in [0.15, 0.2) is 59.5 Å². The Morgan fingerprint density at radius 2 is 1.71 bits per heavy atom. The number of hydrogen-bond donors (Lipinski definition) is 0. The van der Waals surface area contributed by atoms with Gasteiger partial charge >= 0.3 is 0 Å². The van der Waals surface area contributed by atoms with Crippen LogP contribution in [0.25, 0.3) is 5.69 Å². The predicted molar refractivity (Wildman–Crippen MR) is 111 cm³/mol. The largest absolute Gasteiger partial charge is 0.336 e. The van der Waals surface area contributed by atoms with Gasteiger partial charge in [-0.25, -0.2) is 4.68 Å². The molecule has 2 aromatic heterocycles. The minimum atomic E-state index is 0.0597. The summed E-state index contributed by atoms with van der Waals surface area (Å²) in [5.74, 6) is 0.0597. The lowest BCUT2D eigenvalue weighted by Crippen LogP contribution is -2.48. The fourth-order valence-electron chi connectivity index (χ4n) is 3.49. The molecule has 0 aliphatic carbocycles. The van der Waals surface area contributed by atoms with Crippen LogP contribution in [0, 0.1) is 6.92 Å². The highest BCUT2D eigenvalue weighted by atomic mass is 79.9. The van der Waals surface area contributed by atoms with Crippen molar-refractivity contribution in [2.75, 3.05) is 26.2 Å². The Morgan fingerprint density at radius 1 is 1.04 bits per heavy atom. The Hall–Kier alpha value is -2.51. The van der Waals surface area contributed by atoms with Crippen LogP contribution in [0.5, 0.6) is 0 Å². The van der Waals surface area contributed by atoms with E-state index in [1.165, 1.54) is 5.56 Å². The molecule has 0 radical (unpaired) electrons.